The molecule has 23 heavy (non-hydrogen) atoms. The molecule has 124 valence electrons. The molecule has 0 saturated carbocycles. The lowest BCUT2D eigenvalue weighted by Crippen LogP contribution is -2.34. The second-order valence-electron chi connectivity index (χ2n) is 4.82. The Morgan fingerprint density at radius 3 is 2.57 bits per heavy atom. The number of ether oxygens (including phenoxy) is 1. The van der Waals surface area contributed by atoms with Gasteiger partial charge in [-0.25, -0.2) is 12.8 Å². The van der Waals surface area contributed by atoms with E-state index in [1.54, 1.807) is 18.2 Å². The van der Waals surface area contributed by atoms with E-state index in [0.717, 1.165) is 10.4 Å². The zero-order valence-electron chi connectivity index (χ0n) is 12.6. The van der Waals surface area contributed by atoms with E-state index in [0.29, 0.717) is 5.56 Å². The second-order valence-corrected chi connectivity index (χ2v) is 6.65. The van der Waals surface area contributed by atoms with Crippen LogP contribution < -0.4 is 4.31 Å². The lowest BCUT2D eigenvalue weighted by molar-refractivity contribution is 0.182. The molecule has 0 aromatic heterocycles. The highest BCUT2D eigenvalue weighted by Gasteiger charge is 2.27. The highest BCUT2D eigenvalue weighted by molar-refractivity contribution is 7.92. The summed E-state index contributed by atoms with van der Waals surface area (Å²) in [7, 11) is -2.49. The van der Waals surface area contributed by atoms with Crippen molar-refractivity contribution in [1.82, 2.24) is 0 Å². The van der Waals surface area contributed by atoms with E-state index in [9.17, 15) is 17.9 Å². The van der Waals surface area contributed by atoms with Crippen LogP contribution in [0.5, 0.6) is 0 Å². The van der Waals surface area contributed by atoms with E-state index in [4.69, 9.17) is 4.74 Å². The van der Waals surface area contributed by atoms with Crippen molar-refractivity contribution in [2.75, 3.05) is 24.6 Å². The lowest BCUT2D eigenvalue weighted by Gasteiger charge is -2.25. The number of nitrogens with zero attached hydrogens (tertiary/aromatic N) is 1. The molecule has 2 aromatic carbocycles. The Morgan fingerprint density at radius 1 is 1.17 bits per heavy atom. The molecular formula is C16H18FNO4S. The Balaban J connectivity index is 2.54. The number of anilines is 1. The second kappa shape index (κ2) is 7.54. The van der Waals surface area contributed by atoms with Crippen LogP contribution in [-0.2, 0) is 21.4 Å². The summed E-state index contributed by atoms with van der Waals surface area (Å²) in [6.07, 6.45) is 0. The van der Waals surface area contributed by atoms with Gasteiger partial charge in [0.1, 0.15) is 5.82 Å². The summed E-state index contributed by atoms with van der Waals surface area (Å²) in [5.74, 6) is -0.550. The number of aliphatic hydroxyl groups excluding tert-OH is 1. The van der Waals surface area contributed by atoms with Gasteiger partial charge in [0.2, 0.25) is 0 Å². The van der Waals surface area contributed by atoms with Crippen molar-refractivity contribution in [3.63, 3.8) is 0 Å². The normalized spacial score (nSPS) is 11.4. The van der Waals surface area contributed by atoms with Crippen molar-refractivity contribution >= 4 is 15.7 Å². The molecule has 0 saturated heterocycles. The van der Waals surface area contributed by atoms with Crippen LogP contribution in [0.4, 0.5) is 10.1 Å². The molecular weight excluding hydrogens is 321 g/mol. The molecule has 0 atom stereocenters. The minimum Gasteiger partial charge on any atom is -0.394 e. The van der Waals surface area contributed by atoms with Gasteiger partial charge >= 0.3 is 0 Å². The molecule has 0 aliphatic carbocycles. The summed E-state index contributed by atoms with van der Waals surface area (Å²) in [4.78, 5) is 0.0690. The van der Waals surface area contributed by atoms with Gasteiger partial charge in [-0.05, 0) is 29.8 Å². The number of methoxy groups -OCH3 is 1. The first-order chi connectivity index (χ1) is 11.0. The first-order valence-corrected chi connectivity index (χ1v) is 8.40. The molecule has 0 fully saturated rings. The highest BCUT2D eigenvalue weighted by atomic mass is 32.2. The van der Waals surface area contributed by atoms with Gasteiger partial charge in [0.25, 0.3) is 10.0 Å². The van der Waals surface area contributed by atoms with Crippen molar-refractivity contribution < 1.29 is 22.7 Å². The van der Waals surface area contributed by atoms with Crippen LogP contribution >= 0.6 is 0 Å². The number of halogens is 1. The summed E-state index contributed by atoms with van der Waals surface area (Å²) < 4.78 is 45.4. The first-order valence-electron chi connectivity index (χ1n) is 6.96. The van der Waals surface area contributed by atoms with Gasteiger partial charge in [-0.1, -0.05) is 24.3 Å². The zero-order chi connectivity index (χ0) is 16.9. The molecule has 0 aliphatic heterocycles. The standard InChI is InChI=1S/C16H18FNO4S/c1-22-12-13-5-2-3-8-16(13)23(20,21)18(9-10-19)15-7-4-6-14(17)11-15/h2-8,11,19H,9-10,12H2,1H3. The number of hydrogen-bond acceptors (Lipinski definition) is 4. The average Bonchev–Trinajstić information content (AvgIpc) is 2.53. The van der Waals surface area contributed by atoms with Crippen molar-refractivity contribution in [3.05, 3.63) is 59.9 Å². The monoisotopic (exact) mass is 339 g/mol. The fraction of sp³-hybridized carbons (Fsp3) is 0.250. The van der Waals surface area contributed by atoms with Crippen LogP contribution in [-0.4, -0.2) is 33.8 Å². The molecule has 7 heteroatoms. The third kappa shape index (κ3) is 3.87. The Kier molecular flexibility index (Phi) is 5.70. The van der Waals surface area contributed by atoms with Crippen LogP contribution in [0.1, 0.15) is 5.56 Å². The Labute approximate surface area is 135 Å². The van der Waals surface area contributed by atoms with Crippen LogP contribution in [0, 0.1) is 5.82 Å². The molecule has 0 radical (unpaired) electrons. The van der Waals surface area contributed by atoms with Crippen LogP contribution in [0.3, 0.4) is 0 Å². The molecule has 0 spiro atoms. The topological polar surface area (TPSA) is 66.8 Å². The first kappa shape index (κ1) is 17.4. The van der Waals surface area contributed by atoms with Gasteiger partial charge < -0.3 is 9.84 Å². The average molecular weight is 339 g/mol. The Bertz CT molecular complexity index is 764. The number of aliphatic hydroxyl groups is 1. The Hall–Kier alpha value is -1.96. The third-order valence-corrected chi connectivity index (χ3v) is 5.17. The van der Waals surface area contributed by atoms with Crippen LogP contribution in [0.25, 0.3) is 0 Å². The number of sulfonamides is 1. The maximum absolute atomic E-state index is 13.5. The van der Waals surface area contributed by atoms with Gasteiger partial charge in [-0.3, -0.25) is 4.31 Å². The summed E-state index contributed by atoms with van der Waals surface area (Å²) in [5, 5.41) is 9.23. The van der Waals surface area contributed by atoms with E-state index in [-0.39, 0.29) is 30.3 Å². The third-order valence-electron chi connectivity index (χ3n) is 3.24. The van der Waals surface area contributed by atoms with Crippen molar-refractivity contribution in [1.29, 1.82) is 0 Å². The summed E-state index contributed by atoms with van der Waals surface area (Å²) >= 11 is 0. The quantitative estimate of drug-likeness (QED) is 0.839. The van der Waals surface area contributed by atoms with E-state index >= 15 is 0 Å². The molecule has 0 bridgehead atoms. The molecule has 2 aromatic rings. The number of benzene rings is 2. The predicted molar refractivity (Wildman–Crippen MR) is 85.2 cm³/mol. The molecule has 0 amide bonds. The van der Waals surface area contributed by atoms with Gasteiger partial charge in [0.05, 0.1) is 30.3 Å². The van der Waals surface area contributed by atoms with E-state index in [1.807, 2.05) is 0 Å². The molecule has 1 N–H and O–H groups in total. The largest absolute Gasteiger partial charge is 0.394 e. The van der Waals surface area contributed by atoms with Gasteiger partial charge in [0, 0.05) is 7.11 Å². The fourth-order valence-corrected chi connectivity index (χ4v) is 3.92. The molecule has 0 unspecified atom stereocenters. The zero-order valence-corrected chi connectivity index (χ0v) is 13.5. The summed E-state index contributed by atoms with van der Waals surface area (Å²) in [6, 6.07) is 11.7. The fourth-order valence-electron chi connectivity index (χ4n) is 2.26. The molecule has 5 nitrogen and oxygen atoms in total. The molecule has 0 heterocycles. The summed E-state index contributed by atoms with van der Waals surface area (Å²) in [5.41, 5.74) is 0.653. The SMILES string of the molecule is COCc1ccccc1S(=O)(=O)N(CCO)c1cccc(F)c1. The maximum atomic E-state index is 13.5. The van der Waals surface area contributed by atoms with Crippen molar-refractivity contribution in [3.8, 4) is 0 Å². The van der Waals surface area contributed by atoms with Gasteiger partial charge in [0.15, 0.2) is 0 Å². The van der Waals surface area contributed by atoms with E-state index < -0.39 is 15.8 Å². The minimum absolute atomic E-state index is 0.0690. The van der Waals surface area contributed by atoms with Gasteiger partial charge in [-0.15, -0.1) is 0 Å². The van der Waals surface area contributed by atoms with Crippen LogP contribution in [0.15, 0.2) is 53.4 Å². The number of hydrogen-bond donors (Lipinski definition) is 1. The maximum Gasteiger partial charge on any atom is 0.264 e. The minimum atomic E-state index is -3.96. The smallest absolute Gasteiger partial charge is 0.264 e. The molecule has 0 aliphatic rings. The van der Waals surface area contributed by atoms with Gasteiger partial charge in [-0.2, -0.15) is 0 Å². The summed E-state index contributed by atoms with van der Waals surface area (Å²) in [6.45, 7) is -0.430. The van der Waals surface area contributed by atoms with Crippen LogP contribution in [0.2, 0.25) is 0 Å². The van der Waals surface area contributed by atoms with E-state index in [2.05, 4.69) is 0 Å². The lowest BCUT2D eigenvalue weighted by atomic mass is 10.2. The Morgan fingerprint density at radius 2 is 1.91 bits per heavy atom. The van der Waals surface area contributed by atoms with E-state index in [1.165, 1.54) is 31.4 Å². The predicted octanol–water partition coefficient (Wildman–Crippen LogP) is 2.16. The van der Waals surface area contributed by atoms with Crippen molar-refractivity contribution in [2.24, 2.45) is 0 Å². The molecule has 2 rings (SSSR count). The highest BCUT2D eigenvalue weighted by Crippen LogP contribution is 2.26. The van der Waals surface area contributed by atoms with Crippen molar-refractivity contribution in [2.45, 2.75) is 11.5 Å². The number of rotatable bonds is 7.